The van der Waals surface area contributed by atoms with Crippen LogP contribution >= 0.6 is 0 Å². The Morgan fingerprint density at radius 3 is 2.83 bits per heavy atom. The van der Waals surface area contributed by atoms with E-state index in [9.17, 15) is 14.0 Å². The number of hydrogen-bond acceptors (Lipinski definition) is 6. The van der Waals surface area contributed by atoms with Crippen molar-refractivity contribution in [1.82, 2.24) is 20.0 Å². The molecule has 2 aromatic heterocycles. The Labute approximate surface area is 171 Å². The molecule has 8 nitrogen and oxygen atoms in total. The lowest BCUT2D eigenvalue weighted by molar-refractivity contribution is 0.0925. The van der Waals surface area contributed by atoms with E-state index in [0.717, 1.165) is 12.8 Å². The van der Waals surface area contributed by atoms with Gasteiger partial charge in [-0.15, -0.1) is 0 Å². The fourth-order valence-corrected chi connectivity index (χ4v) is 3.38. The molecule has 1 aliphatic rings. The van der Waals surface area contributed by atoms with Crippen molar-refractivity contribution in [2.24, 2.45) is 0 Å². The summed E-state index contributed by atoms with van der Waals surface area (Å²) in [7, 11) is 0. The number of benzene rings is 1. The number of halogens is 1. The van der Waals surface area contributed by atoms with Crippen molar-refractivity contribution in [3.05, 3.63) is 69.7 Å². The summed E-state index contributed by atoms with van der Waals surface area (Å²) in [5, 5.41) is 6.49. The van der Waals surface area contributed by atoms with Crippen molar-refractivity contribution in [3.63, 3.8) is 0 Å². The first-order chi connectivity index (χ1) is 14.5. The van der Waals surface area contributed by atoms with Gasteiger partial charge in [-0.05, 0) is 55.7 Å². The van der Waals surface area contributed by atoms with Gasteiger partial charge >= 0.3 is 0 Å². The van der Waals surface area contributed by atoms with Crippen LogP contribution in [0.3, 0.4) is 0 Å². The van der Waals surface area contributed by atoms with Gasteiger partial charge < -0.3 is 19.1 Å². The van der Waals surface area contributed by atoms with Crippen LogP contribution in [0.5, 0.6) is 0 Å². The molecule has 156 valence electrons. The van der Waals surface area contributed by atoms with Gasteiger partial charge in [0, 0.05) is 18.4 Å². The lowest BCUT2D eigenvalue weighted by Gasteiger charge is -2.14. The van der Waals surface area contributed by atoms with Crippen LogP contribution in [0.2, 0.25) is 0 Å². The number of aromatic nitrogens is 3. The highest BCUT2D eigenvalue weighted by molar-refractivity contribution is 5.95. The van der Waals surface area contributed by atoms with E-state index in [4.69, 9.17) is 9.26 Å². The van der Waals surface area contributed by atoms with E-state index in [1.807, 2.05) is 0 Å². The molecule has 1 N–H and O–H groups in total. The molecule has 1 unspecified atom stereocenters. The molecule has 1 atom stereocenters. The summed E-state index contributed by atoms with van der Waals surface area (Å²) in [5.74, 6) is -0.413. The van der Waals surface area contributed by atoms with E-state index in [1.54, 1.807) is 19.2 Å². The monoisotopic (exact) mass is 412 g/mol. The van der Waals surface area contributed by atoms with Gasteiger partial charge in [0.2, 0.25) is 11.7 Å². The number of rotatable bonds is 6. The zero-order valence-electron chi connectivity index (χ0n) is 16.4. The molecule has 0 bridgehead atoms. The topological polar surface area (TPSA) is 99.2 Å². The Morgan fingerprint density at radius 1 is 1.30 bits per heavy atom. The summed E-state index contributed by atoms with van der Waals surface area (Å²) in [6, 6.07) is 7.41. The molecule has 1 aromatic carbocycles. The van der Waals surface area contributed by atoms with Gasteiger partial charge in [0.25, 0.3) is 11.5 Å². The van der Waals surface area contributed by atoms with Crippen LogP contribution in [0, 0.1) is 12.7 Å². The van der Waals surface area contributed by atoms with Crippen molar-refractivity contribution in [1.29, 1.82) is 0 Å². The third-order valence-electron chi connectivity index (χ3n) is 5.00. The standard InChI is InChI=1S/C21H21FN4O4/c1-13-8-9-26(12-16-3-2-10-29-16)21(28)18(13)20(27)23-11-17-24-19(25-30-17)14-4-6-15(22)7-5-14/h4-9,16H,2-3,10-12H2,1H3,(H,23,27). The van der Waals surface area contributed by atoms with Crippen LogP contribution in [0.15, 0.2) is 45.8 Å². The summed E-state index contributed by atoms with van der Waals surface area (Å²) in [4.78, 5) is 29.7. The fourth-order valence-electron chi connectivity index (χ4n) is 3.38. The molecule has 1 saturated heterocycles. The van der Waals surface area contributed by atoms with E-state index in [1.165, 1.54) is 28.8 Å². The second-order valence-electron chi connectivity index (χ2n) is 7.17. The smallest absolute Gasteiger partial charge is 0.263 e. The highest BCUT2D eigenvalue weighted by Gasteiger charge is 2.20. The molecule has 1 aliphatic heterocycles. The summed E-state index contributed by atoms with van der Waals surface area (Å²) in [6.45, 7) is 2.80. The molecule has 3 heterocycles. The Kier molecular flexibility index (Phi) is 5.71. The quantitative estimate of drug-likeness (QED) is 0.668. The third kappa shape index (κ3) is 4.30. The van der Waals surface area contributed by atoms with E-state index in [-0.39, 0.29) is 41.3 Å². The van der Waals surface area contributed by atoms with Crippen molar-refractivity contribution in [2.75, 3.05) is 6.61 Å². The summed E-state index contributed by atoms with van der Waals surface area (Å²) < 4.78 is 25.3. The number of hydrogen-bond donors (Lipinski definition) is 1. The average Bonchev–Trinajstić information content (AvgIpc) is 3.41. The number of aryl methyl sites for hydroxylation is 1. The number of amides is 1. The number of nitrogens with one attached hydrogen (secondary N) is 1. The molecule has 1 amide bonds. The SMILES string of the molecule is Cc1ccn(CC2CCCO2)c(=O)c1C(=O)NCc1nc(-c2ccc(F)cc2)no1. The molecule has 30 heavy (non-hydrogen) atoms. The van der Waals surface area contributed by atoms with Crippen LogP contribution in [-0.4, -0.2) is 33.3 Å². The summed E-state index contributed by atoms with van der Waals surface area (Å²) >= 11 is 0. The number of ether oxygens (including phenoxy) is 1. The number of carbonyl (C=O) groups excluding carboxylic acids is 1. The van der Waals surface area contributed by atoms with Crippen molar-refractivity contribution >= 4 is 5.91 Å². The van der Waals surface area contributed by atoms with Crippen LogP contribution in [0.25, 0.3) is 11.4 Å². The molecule has 0 spiro atoms. The van der Waals surface area contributed by atoms with Crippen molar-refractivity contribution in [2.45, 2.75) is 39.0 Å². The van der Waals surface area contributed by atoms with Crippen LogP contribution in [-0.2, 0) is 17.8 Å². The van der Waals surface area contributed by atoms with Gasteiger partial charge in [-0.3, -0.25) is 9.59 Å². The zero-order valence-corrected chi connectivity index (χ0v) is 16.4. The maximum Gasteiger partial charge on any atom is 0.263 e. The number of pyridine rings is 1. The molecule has 1 fully saturated rings. The number of carbonyl (C=O) groups is 1. The van der Waals surface area contributed by atoms with E-state index in [2.05, 4.69) is 15.5 Å². The first kappa shape index (κ1) is 20.0. The van der Waals surface area contributed by atoms with Crippen molar-refractivity contribution < 1.29 is 18.4 Å². The second-order valence-corrected chi connectivity index (χ2v) is 7.17. The molecular weight excluding hydrogens is 391 g/mol. The van der Waals surface area contributed by atoms with E-state index < -0.39 is 5.91 Å². The van der Waals surface area contributed by atoms with Gasteiger partial charge in [-0.25, -0.2) is 4.39 Å². The van der Waals surface area contributed by atoms with Crippen molar-refractivity contribution in [3.8, 4) is 11.4 Å². The fraction of sp³-hybridized carbons (Fsp3) is 0.333. The minimum atomic E-state index is -0.513. The normalized spacial score (nSPS) is 16.0. The Bertz CT molecular complexity index is 1100. The van der Waals surface area contributed by atoms with Gasteiger partial charge in [0.05, 0.1) is 19.2 Å². The summed E-state index contributed by atoms with van der Waals surface area (Å²) in [6.07, 6.45) is 3.55. The Balaban J connectivity index is 1.45. The first-order valence-electron chi connectivity index (χ1n) is 9.69. The maximum absolute atomic E-state index is 13.0. The number of nitrogens with zero attached hydrogens (tertiary/aromatic N) is 3. The molecule has 0 aliphatic carbocycles. The van der Waals surface area contributed by atoms with E-state index >= 15 is 0 Å². The van der Waals surface area contributed by atoms with Crippen LogP contribution < -0.4 is 10.9 Å². The molecular formula is C21H21FN4O4. The Morgan fingerprint density at radius 2 is 2.10 bits per heavy atom. The largest absolute Gasteiger partial charge is 0.376 e. The molecule has 9 heteroatoms. The van der Waals surface area contributed by atoms with Crippen LogP contribution in [0.4, 0.5) is 4.39 Å². The third-order valence-corrected chi connectivity index (χ3v) is 5.00. The first-order valence-corrected chi connectivity index (χ1v) is 9.69. The second kappa shape index (κ2) is 8.58. The Hall–Kier alpha value is -3.33. The van der Waals surface area contributed by atoms with Gasteiger partial charge in [0.15, 0.2) is 0 Å². The molecule has 0 radical (unpaired) electrons. The average molecular weight is 412 g/mol. The maximum atomic E-state index is 13.0. The minimum Gasteiger partial charge on any atom is -0.376 e. The lowest BCUT2D eigenvalue weighted by atomic mass is 10.1. The lowest BCUT2D eigenvalue weighted by Crippen LogP contribution is -2.35. The molecule has 0 saturated carbocycles. The predicted octanol–water partition coefficient (Wildman–Crippen LogP) is 2.45. The van der Waals surface area contributed by atoms with E-state index in [0.29, 0.717) is 24.3 Å². The zero-order chi connectivity index (χ0) is 21.1. The molecule has 3 aromatic rings. The highest BCUT2D eigenvalue weighted by Crippen LogP contribution is 2.16. The van der Waals surface area contributed by atoms with Crippen LogP contribution in [0.1, 0.15) is 34.7 Å². The molecule has 4 rings (SSSR count). The summed E-state index contributed by atoms with van der Waals surface area (Å²) in [5.41, 5.74) is 0.890. The van der Waals surface area contributed by atoms with Gasteiger partial charge in [-0.2, -0.15) is 4.98 Å². The van der Waals surface area contributed by atoms with Gasteiger partial charge in [0.1, 0.15) is 11.4 Å². The predicted molar refractivity (Wildman–Crippen MR) is 105 cm³/mol. The minimum absolute atomic E-state index is 0.00964. The highest BCUT2D eigenvalue weighted by atomic mass is 19.1. The van der Waals surface area contributed by atoms with Gasteiger partial charge in [-0.1, -0.05) is 5.16 Å².